The van der Waals surface area contributed by atoms with Gasteiger partial charge in [-0.25, -0.2) is 4.98 Å². The number of hydrogen-bond donors (Lipinski definition) is 0. The molecule has 0 unspecified atom stereocenters. The van der Waals surface area contributed by atoms with Gasteiger partial charge in [-0.3, -0.25) is 4.79 Å². The number of rotatable bonds is 4. The molecule has 0 aliphatic rings. The lowest BCUT2D eigenvalue weighted by Gasteiger charge is -2.18. The molecule has 19 heavy (non-hydrogen) atoms. The average Bonchev–Trinajstić information content (AvgIpc) is 2.64. The van der Waals surface area contributed by atoms with Gasteiger partial charge in [0.05, 0.1) is 5.69 Å². The quantitative estimate of drug-likeness (QED) is 0.848. The van der Waals surface area contributed by atoms with Gasteiger partial charge in [0.1, 0.15) is 17.5 Å². The molecule has 0 spiro atoms. The number of alkyl halides is 3. The van der Waals surface area contributed by atoms with E-state index in [9.17, 15) is 18.0 Å². The number of carbonyl (C=O) groups excluding carboxylic acids is 1. The van der Waals surface area contributed by atoms with Crippen molar-refractivity contribution in [3.8, 4) is 11.3 Å². The van der Waals surface area contributed by atoms with E-state index >= 15 is 0 Å². The maximum Gasteiger partial charge on any atom is 0.406 e. The van der Waals surface area contributed by atoms with E-state index < -0.39 is 25.2 Å². The van der Waals surface area contributed by atoms with E-state index in [1.165, 1.54) is 0 Å². The molecule has 0 bridgehead atoms. The highest BCUT2D eigenvalue weighted by molar-refractivity contribution is 7.14. The molecule has 104 valence electrons. The van der Waals surface area contributed by atoms with Crippen LogP contribution in [0.2, 0.25) is 0 Å². The van der Waals surface area contributed by atoms with E-state index in [4.69, 9.17) is 10.00 Å². The van der Waals surface area contributed by atoms with Crippen LogP contribution in [0.4, 0.5) is 13.2 Å². The molecule has 0 radical (unpaired) electrons. The Morgan fingerprint density at radius 1 is 1.58 bits per heavy atom. The second-order valence-electron chi connectivity index (χ2n) is 3.66. The first-order valence-corrected chi connectivity index (χ1v) is 5.85. The van der Waals surface area contributed by atoms with Crippen molar-refractivity contribution in [2.45, 2.75) is 13.1 Å². The lowest BCUT2D eigenvalue weighted by atomic mass is 10.4. The molecule has 0 aliphatic heterocycles. The summed E-state index contributed by atoms with van der Waals surface area (Å²) in [7, 11) is 1.03. The van der Waals surface area contributed by atoms with Crippen molar-refractivity contribution >= 4 is 17.2 Å². The predicted molar refractivity (Wildman–Crippen MR) is 60.8 cm³/mol. The van der Waals surface area contributed by atoms with Crippen molar-refractivity contribution < 1.29 is 22.7 Å². The zero-order chi connectivity index (χ0) is 14.6. The van der Waals surface area contributed by atoms with Crippen LogP contribution in [0.3, 0.4) is 0 Å². The monoisotopic (exact) mass is 293 g/mol. The third-order valence-electron chi connectivity index (χ3n) is 2.04. The summed E-state index contributed by atoms with van der Waals surface area (Å²) in [6, 6.07) is 1.89. The van der Waals surface area contributed by atoms with Gasteiger partial charge in [-0.05, 0) is 6.92 Å². The number of carbonyl (C=O) groups is 1. The van der Waals surface area contributed by atoms with Crippen LogP contribution in [0.1, 0.15) is 10.6 Å². The Morgan fingerprint density at radius 3 is 2.68 bits per heavy atom. The number of hydrogen-bond acceptors (Lipinski definition) is 5. The number of likely N-dealkylation sites (N-methyl/N-ethyl adjacent to an activating group) is 1. The lowest BCUT2D eigenvalue weighted by Crippen LogP contribution is -2.38. The number of ether oxygens (including phenoxy) is 1. The van der Waals surface area contributed by atoms with E-state index in [0.29, 0.717) is 15.5 Å². The summed E-state index contributed by atoms with van der Waals surface area (Å²) in [5, 5.41) is 8.78. The molecule has 1 rings (SSSR count). The van der Waals surface area contributed by atoms with Gasteiger partial charge < -0.3 is 9.64 Å². The van der Waals surface area contributed by atoms with Crippen LogP contribution in [0.15, 0.2) is 0 Å². The normalized spacial score (nSPS) is 10.9. The number of nitriles is 1. The Kier molecular flexibility index (Phi) is 4.72. The van der Waals surface area contributed by atoms with Crippen LogP contribution in [-0.4, -0.2) is 42.2 Å². The Bertz CT molecular complexity index is 507. The van der Waals surface area contributed by atoms with Gasteiger partial charge in [-0.2, -0.15) is 18.4 Å². The molecule has 5 nitrogen and oxygen atoms in total. The van der Waals surface area contributed by atoms with Gasteiger partial charge in [0.2, 0.25) is 0 Å². The summed E-state index contributed by atoms with van der Waals surface area (Å²) in [4.78, 5) is 16.1. The van der Waals surface area contributed by atoms with E-state index in [2.05, 4.69) is 4.98 Å². The van der Waals surface area contributed by atoms with Crippen LogP contribution < -0.4 is 4.74 Å². The minimum absolute atomic E-state index is 0.0859. The van der Waals surface area contributed by atoms with Crippen molar-refractivity contribution in [1.82, 2.24) is 9.88 Å². The van der Waals surface area contributed by atoms with Crippen molar-refractivity contribution in [3.05, 3.63) is 10.6 Å². The Balaban J connectivity index is 2.52. The van der Waals surface area contributed by atoms with Gasteiger partial charge in [-0.15, -0.1) is 0 Å². The molecule has 0 aromatic carbocycles. The van der Waals surface area contributed by atoms with Gasteiger partial charge in [0.25, 0.3) is 11.1 Å². The number of halogens is 3. The van der Waals surface area contributed by atoms with Crippen LogP contribution in [0, 0.1) is 18.3 Å². The molecule has 0 aliphatic carbocycles. The van der Waals surface area contributed by atoms with Crippen molar-refractivity contribution in [1.29, 1.82) is 5.26 Å². The number of nitrogens with zero attached hydrogens (tertiary/aromatic N) is 3. The largest absolute Gasteiger partial charge is 0.460 e. The predicted octanol–water partition coefficient (Wildman–Crippen LogP) is 1.72. The maximum absolute atomic E-state index is 12.1. The highest BCUT2D eigenvalue weighted by Gasteiger charge is 2.31. The second kappa shape index (κ2) is 5.88. The van der Waals surface area contributed by atoms with E-state index in [-0.39, 0.29) is 5.19 Å². The first kappa shape index (κ1) is 15.2. The maximum atomic E-state index is 12.1. The molecular weight excluding hydrogens is 283 g/mol. The Hall–Kier alpha value is -1.82. The Morgan fingerprint density at radius 2 is 2.21 bits per heavy atom. The average molecular weight is 293 g/mol. The molecule has 0 saturated heterocycles. The van der Waals surface area contributed by atoms with Crippen LogP contribution in [-0.2, 0) is 4.79 Å². The van der Waals surface area contributed by atoms with E-state index in [1.54, 1.807) is 6.92 Å². The van der Waals surface area contributed by atoms with E-state index in [1.807, 2.05) is 6.07 Å². The highest BCUT2D eigenvalue weighted by Crippen LogP contribution is 2.23. The molecular formula is C10H10F3N3O2S. The van der Waals surface area contributed by atoms with Crippen molar-refractivity contribution in [2.75, 3.05) is 20.2 Å². The van der Waals surface area contributed by atoms with Gasteiger partial charge >= 0.3 is 6.18 Å². The van der Waals surface area contributed by atoms with Crippen molar-refractivity contribution in [2.24, 2.45) is 0 Å². The first-order chi connectivity index (χ1) is 8.73. The van der Waals surface area contributed by atoms with Gasteiger partial charge in [-0.1, -0.05) is 11.3 Å². The molecule has 0 fully saturated rings. The fourth-order valence-corrected chi connectivity index (χ4v) is 1.84. The molecule has 1 heterocycles. The molecule has 9 heteroatoms. The number of amides is 1. The van der Waals surface area contributed by atoms with Crippen LogP contribution in [0.5, 0.6) is 5.19 Å². The lowest BCUT2D eigenvalue weighted by molar-refractivity contribution is -0.159. The summed E-state index contributed by atoms with van der Waals surface area (Å²) in [5.41, 5.74) is 0.457. The summed E-state index contributed by atoms with van der Waals surface area (Å²) in [6.45, 7) is -0.292. The summed E-state index contributed by atoms with van der Waals surface area (Å²) in [5.74, 6) is -0.816. The summed E-state index contributed by atoms with van der Waals surface area (Å²) < 4.78 is 41.1. The first-order valence-electron chi connectivity index (χ1n) is 5.04. The zero-order valence-electron chi connectivity index (χ0n) is 10.1. The topological polar surface area (TPSA) is 66.2 Å². The summed E-state index contributed by atoms with van der Waals surface area (Å²) in [6.07, 6.45) is -4.45. The molecule has 0 N–H and O–H groups in total. The van der Waals surface area contributed by atoms with Crippen LogP contribution in [0.25, 0.3) is 0 Å². The minimum Gasteiger partial charge on any atom is -0.460 e. The van der Waals surface area contributed by atoms with Gasteiger partial charge in [0, 0.05) is 7.05 Å². The van der Waals surface area contributed by atoms with E-state index in [0.717, 1.165) is 18.4 Å². The molecule has 1 aromatic heterocycles. The fraction of sp³-hybridized carbons (Fsp3) is 0.500. The number of thiazole rings is 1. The minimum atomic E-state index is -4.45. The highest BCUT2D eigenvalue weighted by atomic mass is 32.1. The zero-order valence-corrected chi connectivity index (χ0v) is 10.9. The standard InChI is InChI=1S/C10H10F3N3O2S/c1-6-7(3-14)19-9(15-6)18-4-8(17)16(2)5-10(11,12)13/h4-5H2,1-2H3. The fourth-order valence-electron chi connectivity index (χ4n) is 1.13. The van der Waals surface area contributed by atoms with Gasteiger partial charge in [0.15, 0.2) is 6.61 Å². The third kappa shape index (κ3) is 4.75. The second-order valence-corrected chi connectivity index (χ2v) is 4.62. The smallest absolute Gasteiger partial charge is 0.406 e. The molecule has 0 saturated carbocycles. The molecule has 1 amide bonds. The third-order valence-corrected chi connectivity index (χ3v) is 3.01. The number of aryl methyl sites for hydroxylation is 1. The Labute approximate surface area is 111 Å². The molecule has 1 aromatic rings. The number of aromatic nitrogens is 1. The van der Waals surface area contributed by atoms with Crippen molar-refractivity contribution in [3.63, 3.8) is 0 Å². The molecule has 0 atom stereocenters. The summed E-state index contributed by atoms with van der Waals surface area (Å²) >= 11 is 0.939. The van der Waals surface area contributed by atoms with Crippen LogP contribution >= 0.6 is 11.3 Å². The SMILES string of the molecule is Cc1nc(OCC(=O)N(C)CC(F)(F)F)sc1C#N.